The van der Waals surface area contributed by atoms with Crippen LogP contribution in [0.3, 0.4) is 0 Å². The van der Waals surface area contributed by atoms with Crippen LogP contribution in [-0.4, -0.2) is 50.1 Å². The molecule has 6 nitrogen and oxygen atoms in total. The molecule has 1 aromatic heterocycles. The van der Waals surface area contributed by atoms with E-state index in [-0.39, 0.29) is 22.3 Å². The summed E-state index contributed by atoms with van der Waals surface area (Å²) >= 11 is 0. The topological polar surface area (TPSA) is 71.8 Å². The summed E-state index contributed by atoms with van der Waals surface area (Å²) in [6, 6.07) is 5.61. The summed E-state index contributed by atoms with van der Waals surface area (Å²) in [5.41, 5.74) is 0.674. The Hall–Kier alpha value is -2.74. The number of methoxy groups -OCH3 is 1. The monoisotopic (exact) mass is 394 g/mol. The fourth-order valence-corrected chi connectivity index (χ4v) is 2.85. The Labute approximate surface area is 162 Å². The molecule has 0 unspecified atom stereocenters. The normalized spacial score (nSPS) is 11.1. The first-order chi connectivity index (χ1) is 13.4. The number of halogens is 2. The van der Waals surface area contributed by atoms with Crippen LogP contribution in [0.2, 0.25) is 0 Å². The number of hydrogen-bond donors (Lipinski definition) is 1. The van der Waals surface area contributed by atoms with E-state index in [4.69, 9.17) is 9.15 Å². The predicted octanol–water partition coefficient (Wildman–Crippen LogP) is 3.74. The number of alkyl halides is 2. The first kappa shape index (κ1) is 21.6. The second kappa shape index (κ2) is 9.98. The lowest BCUT2D eigenvalue weighted by Crippen LogP contribution is -2.34. The van der Waals surface area contributed by atoms with Crippen LogP contribution in [0.25, 0.3) is 11.1 Å². The van der Waals surface area contributed by atoms with Crippen molar-refractivity contribution in [3.05, 3.63) is 47.4 Å². The molecular weight excluding hydrogens is 370 g/mol. The average Bonchev–Trinajstić information content (AvgIpc) is 3.20. The molecule has 1 aromatic carbocycles. The summed E-state index contributed by atoms with van der Waals surface area (Å²) in [5, 5.41) is 2.79. The minimum absolute atomic E-state index is 0.0929. The molecule has 0 saturated carbocycles. The molecule has 28 heavy (non-hydrogen) atoms. The third kappa shape index (κ3) is 5.16. The molecule has 1 N–H and O–H groups in total. The van der Waals surface area contributed by atoms with E-state index < -0.39 is 24.1 Å². The van der Waals surface area contributed by atoms with Gasteiger partial charge in [0.25, 0.3) is 12.3 Å². The number of carbonyl (C=O) groups is 2. The summed E-state index contributed by atoms with van der Waals surface area (Å²) in [4.78, 5) is 26.7. The van der Waals surface area contributed by atoms with Gasteiger partial charge in [-0.2, -0.15) is 0 Å². The SMILES string of the molecule is CCN(CC)CCNC(=O)c1cc(C(=O)OC)cc(-c2ccoc2C(F)F)c1. The molecule has 0 bridgehead atoms. The van der Waals surface area contributed by atoms with Crippen molar-refractivity contribution in [1.82, 2.24) is 10.2 Å². The van der Waals surface area contributed by atoms with Crippen LogP contribution in [0.5, 0.6) is 0 Å². The lowest BCUT2D eigenvalue weighted by molar-refractivity contribution is 0.0600. The Bertz CT molecular complexity index is 816. The average molecular weight is 394 g/mol. The molecule has 0 fully saturated rings. The molecule has 0 aliphatic heterocycles. The van der Waals surface area contributed by atoms with Crippen LogP contribution in [0.15, 0.2) is 34.9 Å². The van der Waals surface area contributed by atoms with Crippen LogP contribution in [-0.2, 0) is 4.74 Å². The number of nitrogens with one attached hydrogen (secondary N) is 1. The van der Waals surface area contributed by atoms with Gasteiger partial charge >= 0.3 is 5.97 Å². The van der Waals surface area contributed by atoms with E-state index in [2.05, 4.69) is 10.2 Å². The number of likely N-dealkylation sites (N-methyl/N-ethyl adjacent to an activating group) is 1. The Kier molecular flexibility index (Phi) is 7.69. The van der Waals surface area contributed by atoms with Gasteiger partial charge in [0, 0.05) is 24.2 Å². The molecule has 0 aliphatic rings. The second-order valence-electron chi connectivity index (χ2n) is 6.07. The molecule has 0 radical (unpaired) electrons. The van der Waals surface area contributed by atoms with Crippen LogP contribution in [0.1, 0.15) is 46.7 Å². The number of benzene rings is 1. The highest BCUT2D eigenvalue weighted by Gasteiger charge is 2.21. The minimum atomic E-state index is -2.82. The zero-order chi connectivity index (χ0) is 20.7. The lowest BCUT2D eigenvalue weighted by Gasteiger charge is -2.18. The van der Waals surface area contributed by atoms with Gasteiger partial charge in [-0.05, 0) is 42.9 Å². The Morgan fingerprint density at radius 2 is 1.86 bits per heavy atom. The summed E-state index contributed by atoms with van der Waals surface area (Å²) in [6.45, 7) is 6.90. The second-order valence-corrected chi connectivity index (χ2v) is 6.07. The van der Waals surface area contributed by atoms with E-state index >= 15 is 0 Å². The fraction of sp³-hybridized carbons (Fsp3) is 0.400. The molecule has 2 aromatic rings. The molecule has 0 aliphatic carbocycles. The lowest BCUT2D eigenvalue weighted by atomic mass is 9.99. The Morgan fingerprint density at radius 1 is 1.18 bits per heavy atom. The summed E-state index contributed by atoms with van der Waals surface area (Å²) in [7, 11) is 1.21. The van der Waals surface area contributed by atoms with Crippen molar-refractivity contribution < 1.29 is 27.5 Å². The maximum Gasteiger partial charge on any atom is 0.337 e. The number of nitrogens with zero attached hydrogens (tertiary/aromatic N) is 1. The predicted molar refractivity (Wildman–Crippen MR) is 101 cm³/mol. The van der Waals surface area contributed by atoms with E-state index in [1.807, 2.05) is 13.8 Å². The summed E-state index contributed by atoms with van der Waals surface area (Å²) in [5.74, 6) is -1.59. The zero-order valence-electron chi connectivity index (χ0n) is 16.1. The van der Waals surface area contributed by atoms with E-state index in [0.29, 0.717) is 13.1 Å². The highest BCUT2D eigenvalue weighted by Crippen LogP contribution is 2.33. The number of ether oxygens (including phenoxy) is 1. The number of esters is 1. The number of rotatable bonds is 9. The number of hydrogen-bond acceptors (Lipinski definition) is 5. The van der Waals surface area contributed by atoms with Crippen molar-refractivity contribution in [3.8, 4) is 11.1 Å². The van der Waals surface area contributed by atoms with Gasteiger partial charge < -0.3 is 19.4 Å². The number of amides is 1. The van der Waals surface area contributed by atoms with Gasteiger partial charge in [-0.15, -0.1) is 0 Å². The van der Waals surface area contributed by atoms with Gasteiger partial charge in [0.2, 0.25) is 0 Å². The molecule has 152 valence electrons. The van der Waals surface area contributed by atoms with Crippen LogP contribution in [0.4, 0.5) is 8.78 Å². The number of furan rings is 1. The van der Waals surface area contributed by atoms with E-state index in [1.165, 1.54) is 31.4 Å². The van der Waals surface area contributed by atoms with Crippen LogP contribution in [0, 0.1) is 0 Å². The largest absolute Gasteiger partial charge is 0.465 e. The third-order valence-electron chi connectivity index (χ3n) is 4.43. The van der Waals surface area contributed by atoms with Crippen molar-refractivity contribution in [3.63, 3.8) is 0 Å². The van der Waals surface area contributed by atoms with Crippen LogP contribution >= 0.6 is 0 Å². The summed E-state index contributed by atoms with van der Waals surface area (Å²) in [6.07, 6.45) is -1.68. The van der Waals surface area contributed by atoms with Crippen molar-refractivity contribution in [2.24, 2.45) is 0 Å². The minimum Gasteiger partial charge on any atom is -0.465 e. The smallest absolute Gasteiger partial charge is 0.337 e. The highest BCUT2D eigenvalue weighted by molar-refractivity contribution is 6.00. The molecule has 0 saturated heterocycles. The van der Waals surface area contributed by atoms with Gasteiger partial charge in [-0.1, -0.05) is 13.8 Å². The summed E-state index contributed by atoms with van der Waals surface area (Å²) < 4.78 is 35.9. The fourth-order valence-electron chi connectivity index (χ4n) is 2.85. The first-order valence-corrected chi connectivity index (χ1v) is 9.01. The Morgan fingerprint density at radius 3 is 2.46 bits per heavy atom. The van der Waals surface area contributed by atoms with E-state index in [9.17, 15) is 18.4 Å². The maximum atomic E-state index is 13.2. The molecule has 1 heterocycles. The molecule has 1 amide bonds. The Balaban J connectivity index is 2.32. The first-order valence-electron chi connectivity index (χ1n) is 9.01. The van der Waals surface area contributed by atoms with Gasteiger partial charge in [-0.3, -0.25) is 4.79 Å². The van der Waals surface area contributed by atoms with Gasteiger partial charge in [0.1, 0.15) is 0 Å². The highest BCUT2D eigenvalue weighted by atomic mass is 19.3. The number of carbonyl (C=O) groups excluding carboxylic acids is 2. The van der Waals surface area contributed by atoms with Crippen LogP contribution < -0.4 is 5.32 Å². The van der Waals surface area contributed by atoms with Gasteiger partial charge in [-0.25, -0.2) is 13.6 Å². The maximum absolute atomic E-state index is 13.2. The molecule has 0 atom stereocenters. The quantitative estimate of drug-likeness (QED) is 0.656. The third-order valence-corrected chi connectivity index (χ3v) is 4.43. The van der Waals surface area contributed by atoms with E-state index in [1.54, 1.807) is 0 Å². The zero-order valence-corrected chi connectivity index (χ0v) is 16.1. The van der Waals surface area contributed by atoms with Gasteiger partial charge in [0.05, 0.1) is 18.9 Å². The van der Waals surface area contributed by atoms with Crippen molar-refractivity contribution in [1.29, 1.82) is 0 Å². The standard InChI is InChI=1S/C20H24F2N2O4/c1-4-24(5-2)8-7-23-19(25)14-10-13(11-15(12-14)20(26)27-3)16-6-9-28-17(16)18(21)22/h6,9-12,18H,4-5,7-8H2,1-3H3,(H,23,25). The molecule has 0 spiro atoms. The van der Waals surface area contributed by atoms with E-state index in [0.717, 1.165) is 19.4 Å². The molecule has 2 rings (SSSR count). The van der Waals surface area contributed by atoms with Gasteiger partial charge in [0.15, 0.2) is 5.76 Å². The van der Waals surface area contributed by atoms with Crippen molar-refractivity contribution in [2.75, 3.05) is 33.3 Å². The van der Waals surface area contributed by atoms with Crippen molar-refractivity contribution in [2.45, 2.75) is 20.3 Å². The molecular formula is C20H24F2N2O4. The molecule has 8 heteroatoms. The van der Waals surface area contributed by atoms with Crippen molar-refractivity contribution >= 4 is 11.9 Å².